The first-order valence-corrected chi connectivity index (χ1v) is 14.6. The van der Waals surface area contributed by atoms with E-state index in [4.69, 9.17) is 19.2 Å². The van der Waals surface area contributed by atoms with Crippen molar-refractivity contribution in [2.24, 2.45) is 4.99 Å². The number of methoxy groups -OCH3 is 1. The average molecular weight is 590 g/mol. The van der Waals surface area contributed by atoms with Gasteiger partial charge in [-0.25, -0.2) is 9.97 Å². The fourth-order valence-corrected chi connectivity index (χ4v) is 5.82. The van der Waals surface area contributed by atoms with Crippen molar-refractivity contribution >= 4 is 17.4 Å². The smallest absolute Gasteiger partial charge is 0.378 e. The first-order chi connectivity index (χ1) is 20.2. The predicted octanol–water partition coefficient (Wildman–Crippen LogP) is 5.01. The van der Waals surface area contributed by atoms with Crippen molar-refractivity contribution in [3.05, 3.63) is 53.0 Å². The van der Waals surface area contributed by atoms with Gasteiger partial charge in [-0.15, -0.1) is 0 Å². The summed E-state index contributed by atoms with van der Waals surface area (Å²) in [6.45, 7) is 4.60. The molecule has 9 nitrogen and oxygen atoms in total. The van der Waals surface area contributed by atoms with Crippen LogP contribution in [0.3, 0.4) is 0 Å². The molecule has 0 unspecified atom stereocenters. The highest BCUT2D eigenvalue weighted by atomic mass is 19.4. The Bertz CT molecular complexity index is 1270. The molecule has 1 aromatic heterocycles. The quantitative estimate of drug-likeness (QED) is 0.485. The molecule has 0 radical (unpaired) electrons. The average Bonchev–Trinajstić information content (AvgIpc) is 3.01. The molecule has 0 aliphatic carbocycles. The van der Waals surface area contributed by atoms with Gasteiger partial charge in [0, 0.05) is 44.4 Å². The van der Waals surface area contributed by atoms with Gasteiger partial charge in [0.2, 0.25) is 0 Å². The fraction of sp³-hybridized carbons (Fsp3) is 0.600. The van der Waals surface area contributed by atoms with Crippen LogP contribution in [0, 0.1) is 6.92 Å². The number of hydrogen-bond acceptors (Lipinski definition) is 8. The molecule has 3 atom stereocenters. The van der Waals surface area contributed by atoms with Gasteiger partial charge in [-0.2, -0.15) is 13.2 Å². The Balaban J connectivity index is 1.16. The molecule has 1 N–H and O–H groups in total. The Labute approximate surface area is 243 Å². The van der Waals surface area contributed by atoms with Crippen LogP contribution in [0.15, 0.2) is 35.6 Å². The van der Waals surface area contributed by atoms with Crippen LogP contribution in [0.2, 0.25) is 0 Å². The van der Waals surface area contributed by atoms with Crippen LogP contribution in [0.5, 0.6) is 0 Å². The van der Waals surface area contributed by atoms with E-state index in [9.17, 15) is 18.0 Å². The molecule has 4 heterocycles. The number of carbonyl (C=O) groups excluding carboxylic acids is 1. The number of likely N-dealkylation sites (tertiary alicyclic amines) is 1. The lowest BCUT2D eigenvalue weighted by molar-refractivity contribution is -0.137. The second-order valence-electron chi connectivity index (χ2n) is 11.1. The number of amides is 1. The molecule has 42 heavy (non-hydrogen) atoms. The number of anilines is 1. The Morgan fingerprint density at radius 3 is 2.76 bits per heavy atom. The van der Waals surface area contributed by atoms with Crippen LogP contribution >= 0.6 is 0 Å². The van der Waals surface area contributed by atoms with Crippen molar-refractivity contribution in [1.29, 1.82) is 0 Å². The number of aliphatic imine (C=N–C) groups is 1. The maximum absolute atomic E-state index is 13.4. The highest BCUT2D eigenvalue weighted by Crippen LogP contribution is 2.35. The van der Waals surface area contributed by atoms with Gasteiger partial charge in [-0.05, 0) is 56.7 Å². The third kappa shape index (κ3) is 7.27. The fourth-order valence-electron chi connectivity index (χ4n) is 5.82. The molecule has 1 aromatic carbocycles. The molecule has 0 spiro atoms. The van der Waals surface area contributed by atoms with E-state index < -0.39 is 17.8 Å². The molecule has 3 aliphatic rings. The van der Waals surface area contributed by atoms with Gasteiger partial charge >= 0.3 is 6.18 Å². The molecule has 0 bridgehead atoms. The Morgan fingerprint density at radius 2 is 2.00 bits per heavy atom. The molecule has 0 saturated carbocycles. The number of ether oxygens (including phenoxy) is 3. The van der Waals surface area contributed by atoms with Crippen LogP contribution in [0.4, 0.5) is 19.0 Å². The largest absolute Gasteiger partial charge is 0.416 e. The molecule has 2 aromatic rings. The van der Waals surface area contributed by atoms with E-state index in [-0.39, 0.29) is 24.2 Å². The lowest BCUT2D eigenvalue weighted by Crippen LogP contribution is -2.41. The van der Waals surface area contributed by atoms with Crippen molar-refractivity contribution in [3.8, 4) is 0 Å². The maximum atomic E-state index is 13.4. The summed E-state index contributed by atoms with van der Waals surface area (Å²) in [6.07, 6.45) is 0.853. The zero-order valence-corrected chi connectivity index (χ0v) is 24.0. The summed E-state index contributed by atoms with van der Waals surface area (Å²) < 4.78 is 56.7. The summed E-state index contributed by atoms with van der Waals surface area (Å²) in [5, 5.41) is 3.28. The Kier molecular flexibility index (Phi) is 9.74. The van der Waals surface area contributed by atoms with E-state index >= 15 is 0 Å². The number of rotatable bonds is 7. The van der Waals surface area contributed by atoms with E-state index in [2.05, 4.69) is 15.3 Å². The topological polar surface area (TPSA) is 98.2 Å². The molecule has 1 amide bonds. The number of alkyl halides is 3. The molecule has 3 aliphatic heterocycles. The van der Waals surface area contributed by atoms with Crippen LogP contribution in [-0.2, 0) is 20.4 Å². The SMILES string of the molecule is CO[C@@H]1COCCC1=NC1CCN(C(=O)c2ncnc(NC[C@@H]3CCC[C@H](c4cccc(C(F)(F)F)c4)O3)c2C)CC1. The number of nitrogens with one attached hydrogen (secondary N) is 1. The van der Waals surface area contributed by atoms with Gasteiger partial charge in [0.05, 0.1) is 37.0 Å². The van der Waals surface area contributed by atoms with Gasteiger partial charge in [-0.3, -0.25) is 9.79 Å². The Morgan fingerprint density at radius 1 is 1.19 bits per heavy atom. The second-order valence-corrected chi connectivity index (χ2v) is 11.1. The van der Waals surface area contributed by atoms with E-state index in [0.29, 0.717) is 61.9 Å². The molecule has 228 valence electrons. The molecular formula is C30H38F3N5O4. The van der Waals surface area contributed by atoms with Gasteiger partial charge in [0.1, 0.15) is 23.9 Å². The number of halogens is 3. The van der Waals surface area contributed by atoms with Gasteiger partial charge in [0.15, 0.2) is 0 Å². The van der Waals surface area contributed by atoms with Crippen LogP contribution < -0.4 is 5.32 Å². The van der Waals surface area contributed by atoms with Crippen molar-refractivity contribution in [2.45, 2.75) is 76.0 Å². The van der Waals surface area contributed by atoms with Gasteiger partial charge in [-0.1, -0.05) is 12.1 Å². The highest BCUT2D eigenvalue weighted by molar-refractivity contribution is 5.94. The van der Waals surface area contributed by atoms with Gasteiger partial charge in [0.25, 0.3) is 5.91 Å². The van der Waals surface area contributed by atoms with E-state index in [1.807, 2.05) is 11.8 Å². The third-order valence-corrected chi connectivity index (χ3v) is 8.25. The standard InChI is InChI=1S/C30H38F3N5O4/c1-19-27(29(39)38-12-9-22(10-13-38)37-24-11-14-41-17-26(24)40-2)35-18-36-28(19)34-16-23-7-4-8-25(42-23)20-5-3-6-21(15-20)30(31,32)33/h3,5-6,15,18,22-23,25-26H,4,7-14,16-17H2,1-2H3,(H,34,35,36)/t23-,25+,26+/m0/s1. The zero-order chi connectivity index (χ0) is 29.7. The molecule has 12 heteroatoms. The third-order valence-electron chi connectivity index (χ3n) is 8.25. The second kappa shape index (κ2) is 13.5. The highest BCUT2D eigenvalue weighted by Gasteiger charge is 2.32. The van der Waals surface area contributed by atoms with Gasteiger partial charge < -0.3 is 24.4 Å². The molecular weight excluding hydrogens is 551 g/mol. The Hall–Kier alpha value is -3.09. The predicted molar refractivity (Wildman–Crippen MR) is 151 cm³/mol. The summed E-state index contributed by atoms with van der Waals surface area (Å²) >= 11 is 0. The number of carbonyl (C=O) groups is 1. The molecule has 3 fully saturated rings. The van der Waals surface area contributed by atoms with Crippen LogP contribution in [0.25, 0.3) is 0 Å². The summed E-state index contributed by atoms with van der Waals surface area (Å²) in [6, 6.07) is 5.50. The monoisotopic (exact) mass is 589 g/mol. The number of piperidine rings is 1. The zero-order valence-electron chi connectivity index (χ0n) is 24.0. The maximum Gasteiger partial charge on any atom is 0.416 e. The van der Waals surface area contributed by atoms with Crippen LogP contribution in [-0.4, -0.2) is 84.7 Å². The summed E-state index contributed by atoms with van der Waals surface area (Å²) in [7, 11) is 1.67. The molecule has 5 rings (SSSR count). The van der Waals surface area contributed by atoms with E-state index in [1.165, 1.54) is 18.5 Å². The van der Waals surface area contributed by atoms with E-state index in [1.54, 1.807) is 13.2 Å². The molecule has 3 saturated heterocycles. The minimum Gasteiger partial charge on any atom is -0.378 e. The minimum absolute atomic E-state index is 0.0986. The number of hydrogen-bond donors (Lipinski definition) is 1. The summed E-state index contributed by atoms with van der Waals surface area (Å²) in [5.74, 6) is 0.410. The van der Waals surface area contributed by atoms with Crippen molar-refractivity contribution in [3.63, 3.8) is 0 Å². The van der Waals surface area contributed by atoms with Crippen LogP contribution in [0.1, 0.15) is 71.8 Å². The lowest BCUT2D eigenvalue weighted by atomic mass is 9.97. The van der Waals surface area contributed by atoms with E-state index in [0.717, 1.165) is 43.9 Å². The van der Waals surface area contributed by atoms with Crippen molar-refractivity contribution in [1.82, 2.24) is 14.9 Å². The normalized spacial score (nSPS) is 25.0. The first kappa shape index (κ1) is 30.4. The lowest BCUT2D eigenvalue weighted by Gasteiger charge is -2.32. The summed E-state index contributed by atoms with van der Waals surface area (Å²) in [5.41, 5.74) is 1.91. The van der Waals surface area contributed by atoms with Crippen molar-refractivity contribution in [2.75, 3.05) is 45.3 Å². The summed E-state index contributed by atoms with van der Waals surface area (Å²) in [4.78, 5) is 28.8. The van der Waals surface area contributed by atoms with Crippen molar-refractivity contribution < 1.29 is 32.2 Å². The number of nitrogens with zero attached hydrogens (tertiary/aromatic N) is 4. The number of benzene rings is 1. The number of aromatic nitrogens is 2. The minimum atomic E-state index is -4.39. The first-order valence-electron chi connectivity index (χ1n) is 14.6.